The lowest BCUT2D eigenvalue weighted by Crippen LogP contribution is -2.39. The third-order valence-corrected chi connectivity index (χ3v) is 5.19. The van der Waals surface area contributed by atoms with E-state index in [4.69, 9.17) is 0 Å². The van der Waals surface area contributed by atoms with Crippen LogP contribution >= 0.6 is 12.4 Å². The summed E-state index contributed by atoms with van der Waals surface area (Å²) in [6.45, 7) is 4.10. The van der Waals surface area contributed by atoms with Crippen LogP contribution in [0.1, 0.15) is 29.9 Å². The molecule has 0 saturated carbocycles. The van der Waals surface area contributed by atoms with Gasteiger partial charge in [0.05, 0.1) is 0 Å². The predicted octanol–water partition coefficient (Wildman–Crippen LogP) is 4.45. The third-order valence-electron chi connectivity index (χ3n) is 5.19. The van der Waals surface area contributed by atoms with Crippen LogP contribution in [-0.2, 0) is 0 Å². The average Bonchev–Trinajstić information content (AvgIpc) is 2.63. The normalized spacial score (nSPS) is 15.8. The first-order chi connectivity index (χ1) is 12.2. The molecule has 0 amide bonds. The Morgan fingerprint density at radius 2 is 1.38 bits per heavy atom. The maximum atomic E-state index is 13.3. The maximum Gasteiger partial charge on any atom is 0.123 e. The molecule has 5 heteroatoms. The Morgan fingerprint density at radius 3 is 1.81 bits per heavy atom. The summed E-state index contributed by atoms with van der Waals surface area (Å²) in [5.41, 5.74) is 2.15. The van der Waals surface area contributed by atoms with Crippen molar-refractivity contribution in [1.29, 1.82) is 0 Å². The van der Waals surface area contributed by atoms with E-state index in [1.54, 1.807) is 0 Å². The van der Waals surface area contributed by atoms with E-state index in [1.165, 1.54) is 37.1 Å². The molecule has 1 saturated heterocycles. The Labute approximate surface area is 161 Å². The molecule has 0 bridgehead atoms. The number of rotatable bonds is 6. The van der Waals surface area contributed by atoms with E-state index in [0.717, 1.165) is 43.2 Å². The van der Waals surface area contributed by atoms with Crippen molar-refractivity contribution in [2.45, 2.75) is 18.8 Å². The first-order valence-corrected chi connectivity index (χ1v) is 9.03. The minimum Gasteiger partial charge on any atom is -0.319 e. The molecule has 1 aliphatic heterocycles. The summed E-state index contributed by atoms with van der Waals surface area (Å²) in [5, 5.41) is 3.27. The van der Waals surface area contributed by atoms with Crippen LogP contribution in [0.4, 0.5) is 8.78 Å². The minimum absolute atomic E-state index is 0. The van der Waals surface area contributed by atoms with Gasteiger partial charge in [0.1, 0.15) is 11.6 Å². The summed E-state index contributed by atoms with van der Waals surface area (Å²) in [6, 6.07) is 13.4. The van der Waals surface area contributed by atoms with Crippen molar-refractivity contribution in [1.82, 2.24) is 10.2 Å². The number of nitrogens with one attached hydrogen (secondary N) is 1. The van der Waals surface area contributed by atoms with Crippen LogP contribution in [0.2, 0.25) is 0 Å². The summed E-state index contributed by atoms with van der Waals surface area (Å²) in [7, 11) is 2.01. The SMILES string of the molecule is CNCC1CCN(CC(c2ccc(F)cc2)c2ccc(F)cc2)CC1.Cl. The van der Waals surface area contributed by atoms with Crippen molar-refractivity contribution in [3.63, 3.8) is 0 Å². The van der Waals surface area contributed by atoms with E-state index in [2.05, 4.69) is 10.2 Å². The average molecular weight is 381 g/mol. The van der Waals surface area contributed by atoms with Crippen LogP contribution in [0.5, 0.6) is 0 Å². The zero-order chi connectivity index (χ0) is 17.6. The van der Waals surface area contributed by atoms with Crippen molar-refractivity contribution >= 4 is 12.4 Å². The van der Waals surface area contributed by atoms with Gasteiger partial charge in [0.15, 0.2) is 0 Å². The zero-order valence-corrected chi connectivity index (χ0v) is 15.9. The summed E-state index contributed by atoms with van der Waals surface area (Å²) in [4.78, 5) is 2.48. The van der Waals surface area contributed by atoms with Gasteiger partial charge in [0.2, 0.25) is 0 Å². The monoisotopic (exact) mass is 380 g/mol. The molecule has 0 atom stereocenters. The Balaban J connectivity index is 0.00000243. The van der Waals surface area contributed by atoms with E-state index in [1.807, 2.05) is 31.3 Å². The summed E-state index contributed by atoms with van der Waals surface area (Å²) >= 11 is 0. The molecule has 3 rings (SSSR count). The van der Waals surface area contributed by atoms with E-state index >= 15 is 0 Å². The second-order valence-corrected chi connectivity index (χ2v) is 6.96. The second kappa shape index (κ2) is 10.0. The number of nitrogens with zero attached hydrogens (tertiary/aromatic N) is 1. The highest BCUT2D eigenvalue weighted by Crippen LogP contribution is 2.28. The van der Waals surface area contributed by atoms with Gasteiger partial charge in [-0.15, -0.1) is 12.4 Å². The highest BCUT2D eigenvalue weighted by Gasteiger charge is 2.23. The second-order valence-electron chi connectivity index (χ2n) is 6.96. The lowest BCUT2D eigenvalue weighted by Gasteiger charge is -2.34. The molecule has 0 aromatic heterocycles. The van der Waals surface area contributed by atoms with E-state index in [-0.39, 0.29) is 30.0 Å². The van der Waals surface area contributed by atoms with Crippen molar-refractivity contribution in [3.05, 3.63) is 71.3 Å². The van der Waals surface area contributed by atoms with Crippen LogP contribution in [0.25, 0.3) is 0 Å². The number of hydrogen-bond donors (Lipinski definition) is 1. The number of likely N-dealkylation sites (tertiary alicyclic amines) is 1. The molecule has 0 spiro atoms. The Bertz CT molecular complexity index is 607. The number of benzene rings is 2. The number of hydrogen-bond acceptors (Lipinski definition) is 2. The first kappa shape index (κ1) is 20.8. The molecule has 0 aliphatic carbocycles. The molecule has 1 N–H and O–H groups in total. The van der Waals surface area contributed by atoms with Gasteiger partial charge in [-0.25, -0.2) is 8.78 Å². The summed E-state index contributed by atoms with van der Waals surface area (Å²) in [5.74, 6) is 0.419. The van der Waals surface area contributed by atoms with Crippen molar-refractivity contribution in [2.24, 2.45) is 5.92 Å². The molecule has 2 nitrogen and oxygen atoms in total. The van der Waals surface area contributed by atoms with Gasteiger partial charge < -0.3 is 10.2 Å². The Kier molecular flexibility index (Phi) is 8.01. The van der Waals surface area contributed by atoms with E-state index in [0.29, 0.717) is 0 Å². The topological polar surface area (TPSA) is 15.3 Å². The van der Waals surface area contributed by atoms with Gasteiger partial charge in [-0.3, -0.25) is 0 Å². The number of piperidine rings is 1. The van der Waals surface area contributed by atoms with Gasteiger partial charge in [-0.1, -0.05) is 24.3 Å². The molecule has 0 unspecified atom stereocenters. The van der Waals surface area contributed by atoms with Crippen molar-refractivity contribution in [2.75, 3.05) is 33.2 Å². The molecule has 1 aliphatic rings. The third kappa shape index (κ3) is 5.50. The van der Waals surface area contributed by atoms with Crippen LogP contribution < -0.4 is 5.32 Å². The lowest BCUT2D eigenvalue weighted by molar-refractivity contribution is 0.179. The fourth-order valence-electron chi connectivity index (χ4n) is 3.71. The molecule has 1 fully saturated rings. The molecule has 1 heterocycles. The Hall–Kier alpha value is -1.49. The largest absolute Gasteiger partial charge is 0.319 e. The fraction of sp³-hybridized carbons (Fsp3) is 0.429. The fourth-order valence-corrected chi connectivity index (χ4v) is 3.71. The van der Waals surface area contributed by atoms with Crippen molar-refractivity contribution < 1.29 is 8.78 Å². The van der Waals surface area contributed by atoms with Gasteiger partial charge in [-0.2, -0.15) is 0 Å². The predicted molar refractivity (Wildman–Crippen MR) is 105 cm³/mol. The van der Waals surface area contributed by atoms with Gasteiger partial charge in [0.25, 0.3) is 0 Å². The van der Waals surface area contributed by atoms with E-state index in [9.17, 15) is 8.78 Å². The highest BCUT2D eigenvalue weighted by molar-refractivity contribution is 5.85. The zero-order valence-electron chi connectivity index (χ0n) is 15.1. The summed E-state index contributed by atoms with van der Waals surface area (Å²) in [6.07, 6.45) is 2.39. The molecular weight excluding hydrogens is 354 g/mol. The molecule has 0 radical (unpaired) electrons. The lowest BCUT2D eigenvalue weighted by atomic mass is 9.89. The summed E-state index contributed by atoms with van der Waals surface area (Å²) < 4.78 is 26.6. The maximum absolute atomic E-state index is 13.3. The minimum atomic E-state index is -0.227. The molecule has 2 aromatic rings. The molecule has 26 heavy (non-hydrogen) atoms. The quantitative estimate of drug-likeness (QED) is 0.796. The van der Waals surface area contributed by atoms with Crippen molar-refractivity contribution in [3.8, 4) is 0 Å². The number of halogens is 3. The molecule has 142 valence electrons. The van der Waals surface area contributed by atoms with Crippen LogP contribution in [0, 0.1) is 17.6 Å². The van der Waals surface area contributed by atoms with Crippen LogP contribution in [0.15, 0.2) is 48.5 Å². The van der Waals surface area contributed by atoms with Gasteiger partial charge in [-0.05, 0) is 80.8 Å². The van der Waals surface area contributed by atoms with Gasteiger partial charge in [0, 0.05) is 12.5 Å². The molecule has 2 aromatic carbocycles. The highest BCUT2D eigenvalue weighted by atomic mass is 35.5. The van der Waals surface area contributed by atoms with Crippen LogP contribution in [0.3, 0.4) is 0 Å². The Morgan fingerprint density at radius 1 is 0.923 bits per heavy atom. The standard InChI is InChI=1S/C21H26F2N2.ClH/c1-24-14-16-10-12-25(13-11-16)15-21(17-2-6-19(22)7-3-17)18-4-8-20(23)9-5-18;/h2-9,16,21,24H,10-15H2,1H3;1H. The van der Waals surface area contributed by atoms with Crippen LogP contribution in [-0.4, -0.2) is 38.1 Å². The smallest absolute Gasteiger partial charge is 0.123 e. The molecular formula is C21H27ClF2N2. The van der Waals surface area contributed by atoms with Gasteiger partial charge >= 0.3 is 0 Å². The van der Waals surface area contributed by atoms with E-state index < -0.39 is 0 Å². The first-order valence-electron chi connectivity index (χ1n) is 9.03.